The van der Waals surface area contributed by atoms with Crippen LogP contribution in [0.5, 0.6) is 0 Å². The van der Waals surface area contributed by atoms with E-state index in [9.17, 15) is 24.3 Å². The number of rotatable bonds is 20. The van der Waals surface area contributed by atoms with Crippen LogP contribution in [-0.4, -0.2) is 127 Å². The highest BCUT2D eigenvalue weighted by Crippen LogP contribution is 2.29. The number of hydrogen-bond donors (Lipinski definition) is 3. The zero-order valence-electron chi connectivity index (χ0n) is 35.0. The first-order chi connectivity index (χ1) is 24.8. The fraction of sp³-hybridized carbons (Fsp3) is 0.756. The summed E-state index contributed by atoms with van der Waals surface area (Å²) in [6.07, 6.45) is -0.618. The molecule has 0 aliphatic carbocycles. The maximum atomic E-state index is 14.2. The summed E-state index contributed by atoms with van der Waals surface area (Å²) in [6.45, 7) is 20.0. The van der Waals surface area contributed by atoms with Gasteiger partial charge in [-0.15, -0.1) is 0 Å². The predicted octanol–water partition coefficient (Wildman–Crippen LogP) is 4.26. The second-order valence-electron chi connectivity index (χ2n) is 16.3. The molecule has 0 unspecified atom stereocenters. The van der Waals surface area contributed by atoms with E-state index in [0.717, 1.165) is 6.42 Å². The molecular weight excluding hydrogens is 674 g/mol. The van der Waals surface area contributed by atoms with Crippen molar-refractivity contribution in [2.45, 2.75) is 143 Å². The summed E-state index contributed by atoms with van der Waals surface area (Å²) in [4.78, 5) is 60.9. The number of likely N-dealkylation sites (N-methyl/N-ethyl adjacent to an activating group) is 2. The largest absolute Gasteiger partial charge is 0.386 e. The number of hydrogen-bond acceptors (Lipinski definition) is 8. The standard InChI is InChI=1S/C41H71N5O7/c1-24(2)34(43-40(50)36(26(5)6)44(11)27(7)8)41(51)45(12)35(25(3)4)32(52-13)23-33(47)46-22-18-21-31(46)38(53-14)28(9)39(49)42-29(10)37(48)30-19-16-15-17-20-30/h15-17,19-20,24-29,31-32,34-38,48H,18,21-23H2,1-14H3,(H,42,49)(H,43,50)/t28-,29-,31+,32-,34+,35+,36+,37-,38-/m1/s1. The zero-order valence-corrected chi connectivity index (χ0v) is 35.0. The van der Waals surface area contributed by atoms with E-state index in [1.807, 2.05) is 97.7 Å². The van der Waals surface area contributed by atoms with Crippen LogP contribution < -0.4 is 10.6 Å². The van der Waals surface area contributed by atoms with Crippen LogP contribution >= 0.6 is 0 Å². The summed E-state index contributed by atoms with van der Waals surface area (Å²) in [5.41, 5.74) is 0.710. The second-order valence-corrected chi connectivity index (χ2v) is 16.3. The Labute approximate surface area is 319 Å². The molecule has 302 valence electrons. The van der Waals surface area contributed by atoms with Crippen LogP contribution in [-0.2, 0) is 28.7 Å². The normalized spacial score (nSPS) is 19.5. The Balaban J connectivity index is 2.23. The van der Waals surface area contributed by atoms with Crippen LogP contribution in [0, 0.1) is 23.7 Å². The number of methoxy groups -OCH3 is 2. The maximum absolute atomic E-state index is 14.2. The summed E-state index contributed by atoms with van der Waals surface area (Å²) in [6, 6.07) is 6.83. The van der Waals surface area contributed by atoms with E-state index < -0.39 is 48.4 Å². The lowest BCUT2D eigenvalue weighted by molar-refractivity contribution is -0.148. The lowest BCUT2D eigenvalue weighted by Crippen LogP contribution is -2.60. The molecule has 1 saturated heterocycles. The first-order valence-electron chi connectivity index (χ1n) is 19.5. The van der Waals surface area contributed by atoms with E-state index in [2.05, 4.69) is 10.6 Å². The third kappa shape index (κ3) is 12.0. The number of carbonyl (C=O) groups is 4. The van der Waals surface area contributed by atoms with Gasteiger partial charge in [-0.1, -0.05) is 78.8 Å². The number of aliphatic hydroxyl groups is 1. The topological polar surface area (TPSA) is 141 Å². The Kier molecular flexibility index (Phi) is 18.4. The average Bonchev–Trinajstić information content (AvgIpc) is 3.59. The van der Waals surface area contributed by atoms with Gasteiger partial charge in [0.15, 0.2) is 0 Å². The molecule has 4 amide bonds. The van der Waals surface area contributed by atoms with Crippen molar-refractivity contribution in [3.63, 3.8) is 0 Å². The van der Waals surface area contributed by atoms with Crippen molar-refractivity contribution >= 4 is 23.6 Å². The van der Waals surface area contributed by atoms with E-state index in [-0.39, 0.29) is 59.9 Å². The molecule has 3 N–H and O–H groups in total. The minimum absolute atomic E-state index is 0.0259. The lowest BCUT2D eigenvalue weighted by Gasteiger charge is -2.40. The number of aliphatic hydroxyl groups excluding tert-OH is 1. The Morgan fingerprint density at radius 3 is 1.94 bits per heavy atom. The first-order valence-corrected chi connectivity index (χ1v) is 19.5. The molecule has 1 aromatic rings. The van der Waals surface area contributed by atoms with Crippen molar-refractivity contribution in [2.24, 2.45) is 23.7 Å². The molecule has 12 nitrogen and oxygen atoms in total. The van der Waals surface area contributed by atoms with Gasteiger partial charge in [-0.2, -0.15) is 0 Å². The van der Waals surface area contributed by atoms with Crippen LogP contribution in [0.1, 0.15) is 100 Å². The van der Waals surface area contributed by atoms with Crippen molar-refractivity contribution in [3.8, 4) is 0 Å². The summed E-state index contributed by atoms with van der Waals surface area (Å²) < 4.78 is 11.9. The molecule has 1 heterocycles. The minimum Gasteiger partial charge on any atom is -0.386 e. The van der Waals surface area contributed by atoms with E-state index >= 15 is 0 Å². The van der Waals surface area contributed by atoms with Gasteiger partial charge in [0.2, 0.25) is 23.6 Å². The summed E-state index contributed by atoms with van der Waals surface area (Å²) in [5, 5.41) is 16.8. The highest BCUT2D eigenvalue weighted by Gasteiger charge is 2.43. The Morgan fingerprint density at radius 1 is 0.849 bits per heavy atom. The molecule has 0 spiro atoms. The minimum atomic E-state index is -0.876. The molecule has 0 saturated carbocycles. The molecule has 1 aromatic carbocycles. The van der Waals surface area contributed by atoms with E-state index in [0.29, 0.717) is 18.5 Å². The van der Waals surface area contributed by atoms with Gasteiger partial charge in [-0.3, -0.25) is 24.1 Å². The van der Waals surface area contributed by atoms with Crippen LogP contribution in [0.3, 0.4) is 0 Å². The van der Waals surface area contributed by atoms with Crippen LogP contribution in [0.4, 0.5) is 0 Å². The van der Waals surface area contributed by atoms with Gasteiger partial charge in [-0.25, -0.2) is 0 Å². The zero-order chi connectivity index (χ0) is 40.3. The summed E-state index contributed by atoms with van der Waals surface area (Å²) in [7, 11) is 6.76. The van der Waals surface area contributed by atoms with Crippen LogP contribution in [0.25, 0.3) is 0 Å². The average molecular weight is 746 g/mol. The molecule has 0 radical (unpaired) electrons. The molecule has 0 bridgehead atoms. The van der Waals surface area contributed by atoms with Crippen molar-refractivity contribution in [3.05, 3.63) is 35.9 Å². The van der Waals surface area contributed by atoms with Gasteiger partial charge in [-0.05, 0) is 64.0 Å². The Morgan fingerprint density at radius 2 is 1.45 bits per heavy atom. The lowest BCUT2D eigenvalue weighted by atomic mass is 9.91. The number of amides is 4. The summed E-state index contributed by atoms with van der Waals surface area (Å²) in [5.74, 6) is -1.64. The molecule has 1 aliphatic rings. The smallest absolute Gasteiger partial charge is 0.245 e. The van der Waals surface area contributed by atoms with E-state index in [4.69, 9.17) is 9.47 Å². The molecule has 0 aromatic heterocycles. The monoisotopic (exact) mass is 746 g/mol. The quantitative estimate of drug-likeness (QED) is 0.180. The molecule has 9 atom stereocenters. The number of nitrogens with one attached hydrogen (secondary N) is 2. The van der Waals surface area contributed by atoms with Crippen molar-refractivity contribution < 1.29 is 33.8 Å². The van der Waals surface area contributed by atoms with Crippen molar-refractivity contribution in [1.82, 2.24) is 25.3 Å². The van der Waals surface area contributed by atoms with Gasteiger partial charge in [0.05, 0.1) is 54.8 Å². The number of benzene rings is 1. The maximum Gasteiger partial charge on any atom is 0.245 e. The fourth-order valence-electron chi connectivity index (χ4n) is 7.82. The third-order valence-electron chi connectivity index (χ3n) is 11.1. The van der Waals surface area contributed by atoms with Gasteiger partial charge >= 0.3 is 0 Å². The van der Waals surface area contributed by atoms with Crippen molar-refractivity contribution in [1.29, 1.82) is 0 Å². The van der Waals surface area contributed by atoms with Crippen LogP contribution in [0.2, 0.25) is 0 Å². The SMILES string of the molecule is CO[C@H]([C@@H](C)C(=O)N[C@H](C)[C@@H](O)c1ccccc1)[C@@H]1CCCN1C(=O)C[C@@H](OC)[C@H](C(C)C)N(C)C(=O)[C@@H](NC(=O)[C@H](C(C)C)N(C)C(C)C)C(C)C. The van der Waals surface area contributed by atoms with Crippen LogP contribution in [0.15, 0.2) is 30.3 Å². The van der Waals surface area contributed by atoms with Crippen molar-refractivity contribution in [2.75, 3.05) is 34.9 Å². The molecule has 53 heavy (non-hydrogen) atoms. The van der Waals surface area contributed by atoms with Gasteiger partial charge in [0.25, 0.3) is 0 Å². The molecule has 12 heteroatoms. The number of carbonyl (C=O) groups excluding carboxylic acids is 4. The third-order valence-corrected chi connectivity index (χ3v) is 11.1. The molecule has 1 aliphatic heterocycles. The van der Waals surface area contributed by atoms with Gasteiger partial charge in [0, 0.05) is 33.9 Å². The second kappa shape index (κ2) is 21.1. The number of ether oxygens (including phenoxy) is 2. The van der Waals surface area contributed by atoms with E-state index in [1.165, 1.54) is 0 Å². The Bertz CT molecular complexity index is 1310. The molecule has 2 rings (SSSR count). The summed E-state index contributed by atoms with van der Waals surface area (Å²) >= 11 is 0. The first kappa shape index (κ1) is 46.1. The molecule has 1 fully saturated rings. The number of nitrogens with zero attached hydrogens (tertiary/aromatic N) is 3. The predicted molar refractivity (Wildman–Crippen MR) is 209 cm³/mol. The fourth-order valence-corrected chi connectivity index (χ4v) is 7.82. The van der Waals surface area contributed by atoms with Gasteiger partial charge in [0.1, 0.15) is 6.04 Å². The molecular formula is C41H71N5O7. The highest BCUT2D eigenvalue weighted by molar-refractivity contribution is 5.90. The number of likely N-dealkylation sites (tertiary alicyclic amines) is 1. The van der Waals surface area contributed by atoms with Gasteiger partial charge < -0.3 is 35.0 Å². The highest BCUT2D eigenvalue weighted by atomic mass is 16.5. The van der Waals surface area contributed by atoms with E-state index in [1.54, 1.807) is 44.9 Å². The Hall–Kier alpha value is -3.06.